The van der Waals surface area contributed by atoms with Gasteiger partial charge in [0.15, 0.2) is 0 Å². The van der Waals surface area contributed by atoms with Gasteiger partial charge in [-0.1, -0.05) is 91.0 Å². The molecule has 2 N–H and O–H groups in total. The summed E-state index contributed by atoms with van der Waals surface area (Å²) in [7, 11) is 0. The number of hydrogen-bond donors (Lipinski definition) is 1. The zero-order chi connectivity index (χ0) is 17.1. The Morgan fingerprint density at radius 1 is 0.520 bits per heavy atom. The van der Waals surface area contributed by atoms with Gasteiger partial charge in [-0.25, -0.2) is 0 Å². The van der Waals surface area contributed by atoms with E-state index in [9.17, 15) is 0 Å². The Labute approximate surface area is 150 Å². The molecule has 0 spiro atoms. The van der Waals surface area contributed by atoms with Crippen LogP contribution >= 0.6 is 0 Å². The molecule has 3 aromatic carbocycles. The Hall–Kier alpha value is -2.38. The van der Waals surface area contributed by atoms with Crippen molar-refractivity contribution in [1.29, 1.82) is 0 Å². The van der Waals surface area contributed by atoms with Crippen molar-refractivity contribution in [2.75, 3.05) is 0 Å². The molecule has 0 unspecified atom stereocenters. The van der Waals surface area contributed by atoms with Crippen LogP contribution < -0.4 is 5.73 Å². The number of hydrogen-bond acceptors (Lipinski definition) is 1. The van der Waals surface area contributed by atoms with E-state index in [2.05, 4.69) is 91.0 Å². The largest absolute Gasteiger partial charge is 0.327 e. The average molecular weight is 327 g/mol. The molecule has 3 aromatic rings. The summed E-state index contributed by atoms with van der Waals surface area (Å²) in [5, 5.41) is 0. The summed E-state index contributed by atoms with van der Waals surface area (Å²) in [6, 6.07) is 32.7. The van der Waals surface area contributed by atoms with Crippen molar-refractivity contribution in [3.05, 3.63) is 108 Å². The highest BCUT2D eigenvalue weighted by atomic mass is 14.7. The number of rotatable bonds is 3. The van der Waals surface area contributed by atoms with Crippen LogP contribution in [0.25, 0.3) is 0 Å². The van der Waals surface area contributed by atoms with Crippen molar-refractivity contribution in [2.45, 2.75) is 36.6 Å². The Morgan fingerprint density at radius 2 is 0.920 bits per heavy atom. The third-order valence-electron chi connectivity index (χ3n) is 5.74. The lowest BCUT2D eigenvalue weighted by Crippen LogP contribution is -2.41. The fourth-order valence-electron chi connectivity index (χ4n) is 4.54. The minimum absolute atomic E-state index is 0.128. The molecule has 0 radical (unpaired) electrons. The van der Waals surface area contributed by atoms with Gasteiger partial charge in [0.1, 0.15) is 0 Å². The van der Waals surface area contributed by atoms with Crippen molar-refractivity contribution >= 4 is 0 Å². The highest BCUT2D eigenvalue weighted by Gasteiger charge is 2.39. The fourth-order valence-corrected chi connectivity index (χ4v) is 4.54. The van der Waals surface area contributed by atoms with Crippen LogP contribution in [0.3, 0.4) is 0 Å². The van der Waals surface area contributed by atoms with Gasteiger partial charge in [0.2, 0.25) is 0 Å². The van der Waals surface area contributed by atoms with Crippen molar-refractivity contribution < 1.29 is 0 Å². The summed E-state index contributed by atoms with van der Waals surface area (Å²) < 4.78 is 0. The second kappa shape index (κ2) is 7.25. The molecule has 1 nitrogen and oxygen atoms in total. The van der Waals surface area contributed by atoms with Crippen molar-refractivity contribution in [1.82, 2.24) is 0 Å². The van der Waals surface area contributed by atoms with Crippen LogP contribution in [0.2, 0.25) is 0 Å². The molecule has 0 aromatic heterocycles. The fraction of sp³-hybridized carbons (Fsp3) is 0.250. The standard InChI is InChI=1S/C24H25N/c25-24-22(19-12-6-2-7-13-19)17-16-21(18-10-4-1-5-11-18)23(24)20-14-8-3-9-15-20/h1-15,21-24H,16-17,25H2/t21-,22+,23-,24+/m1/s1. The third-order valence-corrected chi connectivity index (χ3v) is 5.74. The SMILES string of the molecule is N[C@@H]1[C@H](c2ccccc2)[C@@H](c2ccccc2)CC[C@H]1c1ccccc1. The highest BCUT2D eigenvalue weighted by Crippen LogP contribution is 2.48. The maximum atomic E-state index is 6.92. The maximum absolute atomic E-state index is 6.92. The van der Waals surface area contributed by atoms with Crippen LogP contribution in [0.1, 0.15) is 47.3 Å². The molecule has 0 saturated heterocycles. The van der Waals surface area contributed by atoms with E-state index in [1.807, 2.05) is 0 Å². The quantitative estimate of drug-likeness (QED) is 0.679. The predicted molar refractivity (Wildman–Crippen MR) is 105 cm³/mol. The van der Waals surface area contributed by atoms with Gasteiger partial charge in [-0.3, -0.25) is 0 Å². The van der Waals surface area contributed by atoms with E-state index in [1.54, 1.807) is 0 Å². The summed E-state index contributed by atoms with van der Waals surface area (Å²) in [5.74, 6) is 1.26. The van der Waals surface area contributed by atoms with Gasteiger partial charge in [0.25, 0.3) is 0 Å². The van der Waals surface area contributed by atoms with E-state index in [1.165, 1.54) is 23.1 Å². The zero-order valence-corrected chi connectivity index (χ0v) is 14.5. The van der Waals surface area contributed by atoms with Gasteiger partial charge in [-0.2, -0.15) is 0 Å². The lowest BCUT2D eigenvalue weighted by atomic mass is 9.64. The van der Waals surface area contributed by atoms with E-state index in [-0.39, 0.29) is 6.04 Å². The van der Waals surface area contributed by atoms with Crippen molar-refractivity contribution in [3.63, 3.8) is 0 Å². The molecule has 4 rings (SSSR count). The van der Waals surface area contributed by atoms with Crippen LogP contribution in [0.4, 0.5) is 0 Å². The van der Waals surface area contributed by atoms with Crippen LogP contribution in [0, 0.1) is 0 Å². The molecular weight excluding hydrogens is 302 g/mol. The van der Waals surface area contributed by atoms with Gasteiger partial charge in [-0.05, 0) is 41.4 Å². The molecular formula is C24H25N. The first-order valence-electron chi connectivity index (χ1n) is 9.25. The van der Waals surface area contributed by atoms with Crippen LogP contribution in [0.15, 0.2) is 91.0 Å². The van der Waals surface area contributed by atoms with Gasteiger partial charge >= 0.3 is 0 Å². The lowest BCUT2D eigenvalue weighted by Gasteiger charge is -2.42. The molecule has 1 saturated carbocycles. The molecule has 0 bridgehead atoms. The molecule has 0 heterocycles. The van der Waals surface area contributed by atoms with Gasteiger partial charge in [-0.15, -0.1) is 0 Å². The molecule has 4 atom stereocenters. The third kappa shape index (κ3) is 3.25. The van der Waals surface area contributed by atoms with Gasteiger partial charge in [0.05, 0.1) is 0 Å². The molecule has 126 valence electrons. The predicted octanol–water partition coefficient (Wildman–Crippen LogP) is 5.46. The van der Waals surface area contributed by atoms with Crippen LogP contribution in [-0.2, 0) is 0 Å². The summed E-state index contributed by atoms with van der Waals surface area (Å²) in [5.41, 5.74) is 11.1. The molecule has 0 aliphatic heterocycles. The van der Waals surface area contributed by atoms with E-state index in [0.29, 0.717) is 17.8 Å². The van der Waals surface area contributed by atoms with Crippen molar-refractivity contribution in [2.24, 2.45) is 5.73 Å². The molecule has 0 amide bonds. The smallest absolute Gasteiger partial charge is 0.0183 e. The summed E-state index contributed by atoms with van der Waals surface area (Å²) in [4.78, 5) is 0. The first-order chi connectivity index (χ1) is 12.3. The Kier molecular flexibility index (Phi) is 4.67. The Morgan fingerprint density at radius 3 is 1.44 bits per heavy atom. The summed E-state index contributed by atoms with van der Waals surface area (Å²) in [6.45, 7) is 0. The summed E-state index contributed by atoms with van der Waals surface area (Å²) in [6.07, 6.45) is 2.32. The second-order valence-electron chi connectivity index (χ2n) is 7.13. The van der Waals surface area contributed by atoms with E-state index in [0.717, 1.165) is 6.42 Å². The topological polar surface area (TPSA) is 26.0 Å². The molecule has 1 heteroatoms. The summed E-state index contributed by atoms with van der Waals surface area (Å²) >= 11 is 0. The minimum Gasteiger partial charge on any atom is -0.327 e. The van der Waals surface area contributed by atoms with E-state index >= 15 is 0 Å². The van der Waals surface area contributed by atoms with Crippen molar-refractivity contribution in [3.8, 4) is 0 Å². The lowest BCUT2D eigenvalue weighted by molar-refractivity contribution is 0.300. The van der Waals surface area contributed by atoms with Gasteiger partial charge < -0.3 is 5.73 Å². The van der Waals surface area contributed by atoms with E-state index < -0.39 is 0 Å². The molecule has 1 aliphatic rings. The molecule has 25 heavy (non-hydrogen) atoms. The van der Waals surface area contributed by atoms with Crippen LogP contribution in [-0.4, -0.2) is 6.04 Å². The Balaban J connectivity index is 1.73. The maximum Gasteiger partial charge on any atom is 0.0183 e. The van der Waals surface area contributed by atoms with Gasteiger partial charge in [0, 0.05) is 12.0 Å². The van der Waals surface area contributed by atoms with Crippen LogP contribution in [0.5, 0.6) is 0 Å². The number of nitrogens with two attached hydrogens (primary N) is 1. The average Bonchev–Trinajstić information content (AvgIpc) is 2.70. The molecule has 1 aliphatic carbocycles. The Bertz CT molecular complexity index is 782. The first-order valence-corrected chi connectivity index (χ1v) is 9.25. The monoisotopic (exact) mass is 327 g/mol. The first kappa shape index (κ1) is 16.1. The second-order valence-corrected chi connectivity index (χ2v) is 7.13. The minimum atomic E-state index is 0.128. The molecule has 1 fully saturated rings. The number of benzene rings is 3. The zero-order valence-electron chi connectivity index (χ0n) is 14.5. The van der Waals surface area contributed by atoms with E-state index in [4.69, 9.17) is 5.73 Å². The normalized spacial score (nSPS) is 26.3. The highest BCUT2D eigenvalue weighted by molar-refractivity contribution is 5.34.